The Hall–Kier alpha value is -2.52. The van der Waals surface area contributed by atoms with Gasteiger partial charge in [-0.05, 0) is 80.3 Å². The molecule has 2 amide bonds. The molecule has 1 saturated heterocycles. The number of rotatable bonds is 5. The summed E-state index contributed by atoms with van der Waals surface area (Å²) in [6, 6.07) is 3.51. The zero-order chi connectivity index (χ0) is 25.4. The van der Waals surface area contributed by atoms with Crippen molar-refractivity contribution in [2.24, 2.45) is 16.8 Å². The smallest absolute Gasteiger partial charge is 0.253 e. The van der Waals surface area contributed by atoms with Crippen molar-refractivity contribution in [1.82, 2.24) is 14.9 Å². The van der Waals surface area contributed by atoms with Crippen LogP contribution < -0.4 is 10.6 Å². The highest BCUT2D eigenvalue weighted by Gasteiger charge is 2.48. The van der Waals surface area contributed by atoms with Crippen molar-refractivity contribution in [3.05, 3.63) is 39.8 Å². The van der Waals surface area contributed by atoms with E-state index in [4.69, 9.17) is 4.99 Å². The van der Waals surface area contributed by atoms with Crippen LogP contribution in [0.15, 0.2) is 22.5 Å². The van der Waals surface area contributed by atoms with Gasteiger partial charge in [-0.1, -0.05) is 19.8 Å². The van der Waals surface area contributed by atoms with Crippen LogP contribution in [0.2, 0.25) is 0 Å². The Morgan fingerprint density at radius 3 is 2.31 bits per heavy atom. The SMILES string of the molecule is CNC(=O)c1cc(C)c(/C=C/S(=O)(=O)N2CCC3(CC2)N=C(C2CCC(C)CC2)NC3=O)c(C)c1. The lowest BCUT2D eigenvalue weighted by Crippen LogP contribution is -2.50. The topological polar surface area (TPSA) is 108 Å². The number of hydrogen-bond acceptors (Lipinski definition) is 5. The van der Waals surface area contributed by atoms with Crippen molar-refractivity contribution in [2.75, 3.05) is 20.1 Å². The summed E-state index contributed by atoms with van der Waals surface area (Å²) < 4.78 is 27.6. The fourth-order valence-electron chi connectivity index (χ4n) is 5.47. The summed E-state index contributed by atoms with van der Waals surface area (Å²) in [6.07, 6.45) is 6.77. The molecule has 1 spiro atoms. The van der Waals surface area contributed by atoms with Gasteiger partial charge >= 0.3 is 0 Å². The van der Waals surface area contributed by atoms with Crippen molar-refractivity contribution < 1.29 is 18.0 Å². The molecule has 0 atom stereocenters. The minimum atomic E-state index is -3.66. The quantitative estimate of drug-likeness (QED) is 0.647. The largest absolute Gasteiger partial charge is 0.355 e. The van der Waals surface area contributed by atoms with E-state index >= 15 is 0 Å². The first-order valence-electron chi connectivity index (χ1n) is 12.5. The highest BCUT2D eigenvalue weighted by molar-refractivity contribution is 7.92. The molecule has 1 saturated carbocycles. The second kappa shape index (κ2) is 9.85. The maximum Gasteiger partial charge on any atom is 0.253 e. The van der Waals surface area contributed by atoms with E-state index in [1.54, 1.807) is 25.3 Å². The molecule has 35 heavy (non-hydrogen) atoms. The minimum Gasteiger partial charge on any atom is -0.355 e. The van der Waals surface area contributed by atoms with Gasteiger partial charge in [0.1, 0.15) is 11.4 Å². The number of sulfonamides is 1. The molecular weight excluding hydrogens is 464 g/mol. The van der Waals surface area contributed by atoms with E-state index < -0.39 is 15.6 Å². The average molecular weight is 501 g/mol. The van der Waals surface area contributed by atoms with Gasteiger partial charge in [0.15, 0.2) is 0 Å². The molecule has 2 N–H and O–H groups in total. The number of nitrogens with one attached hydrogen (secondary N) is 2. The minimum absolute atomic E-state index is 0.0823. The van der Waals surface area contributed by atoms with Gasteiger partial charge in [-0.3, -0.25) is 14.6 Å². The van der Waals surface area contributed by atoms with Crippen LogP contribution in [0.5, 0.6) is 0 Å². The first-order chi connectivity index (χ1) is 16.5. The summed E-state index contributed by atoms with van der Waals surface area (Å²) in [7, 11) is -2.08. The van der Waals surface area contributed by atoms with E-state index in [1.807, 2.05) is 13.8 Å². The molecule has 0 unspecified atom stereocenters. The molecule has 1 aromatic rings. The predicted molar refractivity (Wildman–Crippen MR) is 137 cm³/mol. The van der Waals surface area contributed by atoms with Crippen LogP contribution in [-0.4, -0.2) is 56.0 Å². The lowest BCUT2D eigenvalue weighted by Gasteiger charge is -2.34. The number of carbonyl (C=O) groups excluding carboxylic acids is 2. The standard InChI is InChI=1S/C26H36N4O4S/c1-17-5-7-20(8-6-17)23-28-25(32)26(29-23)10-12-30(13-11-26)35(33,34)14-9-22-18(2)15-21(16-19(22)3)24(31)27-4/h9,14-17,20H,5-8,10-13H2,1-4H3,(H,27,31)(H,28,29,32)/b14-9+. The molecule has 8 nitrogen and oxygen atoms in total. The van der Waals surface area contributed by atoms with Crippen LogP contribution in [0, 0.1) is 25.7 Å². The molecule has 4 rings (SSSR count). The van der Waals surface area contributed by atoms with Gasteiger partial charge in [-0.15, -0.1) is 0 Å². The van der Waals surface area contributed by atoms with E-state index in [0.717, 1.165) is 54.1 Å². The van der Waals surface area contributed by atoms with Gasteiger partial charge in [0.25, 0.3) is 11.8 Å². The van der Waals surface area contributed by atoms with Crippen molar-refractivity contribution in [3.8, 4) is 0 Å². The fourth-order valence-corrected chi connectivity index (χ4v) is 6.64. The molecule has 190 valence electrons. The zero-order valence-electron chi connectivity index (χ0n) is 21.1. The van der Waals surface area contributed by atoms with E-state index in [0.29, 0.717) is 24.3 Å². The third-order valence-corrected chi connectivity index (χ3v) is 9.37. The first-order valence-corrected chi connectivity index (χ1v) is 14.0. The number of nitrogens with zero attached hydrogens (tertiary/aromatic N) is 2. The second-order valence-corrected chi connectivity index (χ2v) is 12.1. The van der Waals surface area contributed by atoms with Gasteiger partial charge in [-0.25, -0.2) is 8.42 Å². The van der Waals surface area contributed by atoms with Crippen molar-refractivity contribution in [3.63, 3.8) is 0 Å². The maximum absolute atomic E-state index is 13.1. The van der Waals surface area contributed by atoms with E-state index in [9.17, 15) is 18.0 Å². The Kier molecular flexibility index (Phi) is 7.20. The van der Waals surface area contributed by atoms with Crippen molar-refractivity contribution in [1.29, 1.82) is 0 Å². The number of benzene rings is 1. The van der Waals surface area contributed by atoms with Crippen LogP contribution >= 0.6 is 0 Å². The summed E-state index contributed by atoms with van der Waals surface area (Å²) in [6.45, 7) is 6.49. The summed E-state index contributed by atoms with van der Waals surface area (Å²) in [4.78, 5) is 29.7. The van der Waals surface area contributed by atoms with Crippen molar-refractivity contribution in [2.45, 2.75) is 64.8 Å². The Morgan fingerprint density at radius 1 is 1.14 bits per heavy atom. The monoisotopic (exact) mass is 500 g/mol. The molecule has 0 radical (unpaired) electrons. The molecule has 0 aromatic heterocycles. The number of carbonyl (C=O) groups is 2. The molecule has 2 fully saturated rings. The van der Waals surface area contributed by atoms with Crippen molar-refractivity contribution >= 4 is 33.7 Å². The molecule has 1 aliphatic carbocycles. The van der Waals surface area contributed by atoms with Crippen LogP contribution in [0.25, 0.3) is 6.08 Å². The zero-order valence-corrected chi connectivity index (χ0v) is 21.9. The van der Waals surface area contributed by atoms with Crippen LogP contribution in [0.1, 0.15) is 72.5 Å². The van der Waals surface area contributed by atoms with Gasteiger partial charge in [-0.2, -0.15) is 4.31 Å². The van der Waals surface area contributed by atoms with Gasteiger partial charge in [0.2, 0.25) is 10.0 Å². The number of amides is 2. The Labute approximate surface area is 208 Å². The van der Waals surface area contributed by atoms with E-state index in [1.165, 1.54) is 9.71 Å². The highest BCUT2D eigenvalue weighted by atomic mass is 32.2. The molecule has 0 bridgehead atoms. The number of amidine groups is 1. The third kappa shape index (κ3) is 5.21. The predicted octanol–water partition coefficient (Wildman–Crippen LogP) is 3.15. The third-order valence-electron chi connectivity index (χ3n) is 7.80. The van der Waals surface area contributed by atoms with Gasteiger partial charge in [0, 0.05) is 37.0 Å². The summed E-state index contributed by atoms with van der Waals surface area (Å²) in [5, 5.41) is 6.86. The summed E-state index contributed by atoms with van der Waals surface area (Å²) in [5.41, 5.74) is 2.14. The Bertz CT molecular complexity index is 1150. The first kappa shape index (κ1) is 25.6. The lowest BCUT2D eigenvalue weighted by molar-refractivity contribution is -0.125. The number of aryl methyl sites for hydroxylation is 2. The highest BCUT2D eigenvalue weighted by Crippen LogP contribution is 2.36. The fraction of sp³-hybridized carbons (Fsp3) is 0.577. The number of piperidine rings is 1. The molecular formula is C26H36N4O4S. The Morgan fingerprint density at radius 2 is 1.74 bits per heavy atom. The average Bonchev–Trinajstić information content (AvgIpc) is 3.13. The van der Waals surface area contributed by atoms with Crippen LogP contribution in [0.4, 0.5) is 0 Å². The second-order valence-electron chi connectivity index (χ2n) is 10.3. The van der Waals surface area contributed by atoms with E-state index in [-0.39, 0.29) is 24.9 Å². The molecule has 9 heteroatoms. The molecule has 1 aromatic carbocycles. The lowest BCUT2D eigenvalue weighted by atomic mass is 9.82. The normalized spacial score (nSPS) is 25.0. The maximum atomic E-state index is 13.1. The summed E-state index contributed by atoms with van der Waals surface area (Å²) >= 11 is 0. The number of aliphatic imine (C=N–C) groups is 1. The summed E-state index contributed by atoms with van der Waals surface area (Å²) in [5.74, 6) is 1.58. The van der Waals surface area contributed by atoms with Crippen LogP contribution in [-0.2, 0) is 14.8 Å². The molecule has 2 heterocycles. The molecule has 2 aliphatic heterocycles. The van der Waals surface area contributed by atoms with Crippen LogP contribution in [0.3, 0.4) is 0 Å². The van der Waals surface area contributed by atoms with Gasteiger partial charge in [0.05, 0.1) is 0 Å². The van der Waals surface area contributed by atoms with E-state index in [2.05, 4.69) is 17.6 Å². The van der Waals surface area contributed by atoms with Gasteiger partial charge < -0.3 is 10.6 Å². The number of hydrogen-bond donors (Lipinski definition) is 2. The Balaban J connectivity index is 1.44. The molecule has 3 aliphatic rings.